The number of aryl methyl sites for hydroxylation is 2. The maximum absolute atomic E-state index is 12.1. The summed E-state index contributed by atoms with van der Waals surface area (Å²) in [6, 6.07) is 2.04. The van der Waals surface area contributed by atoms with Crippen molar-refractivity contribution in [2.24, 2.45) is 0 Å². The van der Waals surface area contributed by atoms with E-state index in [2.05, 4.69) is 5.32 Å². The molecule has 1 aromatic heterocycles. The number of fused-ring (bicyclic) bond motifs is 1. The molecule has 18 heavy (non-hydrogen) atoms. The van der Waals surface area contributed by atoms with E-state index in [1.54, 1.807) is 11.3 Å². The van der Waals surface area contributed by atoms with E-state index < -0.39 is 5.54 Å². The second-order valence-electron chi connectivity index (χ2n) is 5.62. The number of rotatable bonds is 3. The molecule has 1 aromatic rings. The lowest BCUT2D eigenvalue weighted by Crippen LogP contribution is -2.46. The Morgan fingerprint density at radius 3 is 2.83 bits per heavy atom. The van der Waals surface area contributed by atoms with E-state index in [0.29, 0.717) is 0 Å². The summed E-state index contributed by atoms with van der Waals surface area (Å²) in [4.78, 5) is 14.3. The summed E-state index contributed by atoms with van der Waals surface area (Å²) in [6.07, 6.45) is 5.96. The standard InChI is InChI=1S/C14H21NO2S/c1-14(2,9-16)15-13(17)12-8-10-6-4-3-5-7-11(10)18-12/h8,16H,3-7,9H2,1-2H3,(H,15,17). The third kappa shape index (κ3) is 3.12. The number of amides is 1. The molecular formula is C14H21NO2S. The lowest BCUT2D eigenvalue weighted by atomic mass is 10.1. The van der Waals surface area contributed by atoms with Crippen LogP contribution in [0.5, 0.6) is 0 Å². The SMILES string of the molecule is CC(C)(CO)NC(=O)c1cc2c(s1)CCCCC2. The molecule has 0 unspecified atom stereocenters. The predicted octanol–water partition coefficient (Wildman–Crippen LogP) is 2.52. The molecule has 0 atom stereocenters. The fourth-order valence-corrected chi connectivity index (χ4v) is 3.34. The molecule has 2 rings (SSSR count). The second-order valence-corrected chi connectivity index (χ2v) is 6.75. The van der Waals surface area contributed by atoms with Gasteiger partial charge in [-0.3, -0.25) is 4.79 Å². The fraction of sp³-hybridized carbons (Fsp3) is 0.643. The van der Waals surface area contributed by atoms with Crippen LogP contribution in [0.2, 0.25) is 0 Å². The fourth-order valence-electron chi connectivity index (χ4n) is 2.19. The van der Waals surface area contributed by atoms with Crippen LogP contribution < -0.4 is 5.32 Å². The van der Waals surface area contributed by atoms with Gasteiger partial charge < -0.3 is 10.4 Å². The van der Waals surface area contributed by atoms with Gasteiger partial charge in [0.2, 0.25) is 0 Å². The maximum atomic E-state index is 12.1. The minimum Gasteiger partial charge on any atom is -0.394 e. The first-order valence-corrected chi connectivity index (χ1v) is 7.38. The number of carbonyl (C=O) groups excluding carboxylic acids is 1. The lowest BCUT2D eigenvalue weighted by molar-refractivity contribution is 0.0873. The topological polar surface area (TPSA) is 49.3 Å². The van der Waals surface area contributed by atoms with Crippen molar-refractivity contribution in [3.05, 3.63) is 21.4 Å². The van der Waals surface area contributed by atoms with E-state index in [9.17, 15) is 9.90 Å². The zero-order chi connectivity index (χ0) is 13.2. The van der Waals surface area contributed by atoms with Crippen LogP contribution in [0.25, 0.3) is 0 Å². The third-order valence-corrected chi connectivity index (χ3v) is 4.55. The zero-order valence-electron chi connectivity index (χ0n) is 11.1. The molecule has 1 aliphatic rings. The lowest BCUT2D eigenvalue weighted by Gasteiger charge is -2.22. The van der Waals surface area contributed by atoms with Gasteiger partial charge in [-0.1, -0.05) is 6.42 Å². The number of carbonyl (C=O) groups is 1. The first kappa shape index (κ1) is 13.6. The van der Waals surface area contributed by atoms with Gasteiger partial charge in [0.15, 0.2) is 0 Å². The van der Waals surface area contributed by atoms with Crippen LogP contribution in [0.4, 0.5) is 0 Å². The zero-order valence-corrected chi connectivity index (χ0v) is 11.9. The van der Waals surface area contributed by atoms with Gasteiger partial charge in [0.25, 0.3) is 5.91 Å². The molecule has 0 saturated carbocycles. The van der Waals surface area contributed by atoms with Crippen molar-refractivity contribution in [3.8, 4) is 0 Å². The molecule has 4 heteroatoms. The van der Waals surface area contributed by atoms with Crippen LogP contribution in [0.1, 0.15) is 53.2 Å². The van der Waals surface area contributed by atoms with Crippen LogP contribution in [0, 0.1) is 0 Å². The van der Waals surface area contributed by atoms with Crippen molar-refractivity contribution in [1.82, 2.24) is 5.32 Å². The Kier molecular flexibility index (Phi) is 4.07. The molecule has 0 aromatic carbocycles. The molecule has 1 amide bonds. The van der Waals surface area contributed by atoms with E-state index in [-0.39, 0.29) is 12.5 Å². The highest BCUT2D eigenvalue weighted by Gasteiger charge is 2.22. The number of aliphatic hydroxyl groups is 1. The maximum Gasteiger partial charge on any atom is 0.261 e. The van der Waals surface area contributed by atoms with Gasteiger partial charge in [0.05, 0.1) is 17.0 Å². The van der Waals surface area contributed by atoms with Gasteiger partial charge in [-0.05, 0) is 51.2 Å². The van der Waals surface area contributed by atoms with Crippen molar-refractivity contribution in [1.29, 1.82) is 0 Å². The van der Waals surface area contributed by atoms with Gasteiger partial charge in [-0.2, -0.15) is 0 Å². The molecule has 0 radical (unpaired) electrons. The number of aliphatic hydroxyl groups excluding tert-OH is 1. The molecule has 0 saturated heterocycles. The number of thiophene rings is 1. The second kappa shape index (κ2) is 5.41. The summed E-state index contributed by atoms with van der Waals surface area (Å²) in [6.45, 7) is 3.59. The van der Waals surface area contributed by atoms with Gasteiger partial charge in [-0.15, -0.1) is 11.3 Å². The number of hydrogen-bond donors (Lipinski definition) is 2. The first-order valence-electron chi connectivity index (χ1n) is 6.57. The molecule has 0 fully saturated rings. The Morgan fingerprint density at radius 2 is 2.11 bits per heavy atom. The molecule has 0 bridgehead atoms. The summed E-state index contributed by atoms with van der Waals surface area (Å²) in [7, 11) is 0. The number of nitrogens with one attached hydrogen (secondary N) is 1. The molecule has 100 valence electrons. The minimum absolute atomic E-state index is 0.0518. The van der Waals surface area contributed by atoms with E-state index in [4.69, 9.17) is 0 Å². The van der Waals surface area contributed by atoms with Crippen LogP contribution in [0.15, 0.2) is 6.07 Å². The number of hydrogen-bond acceptors (Lipinski definition) is 3. The Balaban J connectivity index is 2.12. The average Bonchev–Trinajstić information content (AvgIpc) is 2.61. The Morgan fingerprint density at radius 1 is 1.39 bits per heavy atom. The largest absolute Gasteiger partial charge is 0.394 e. The quantitative estimate of drug-likeness (QED) is 0.827. The third-order valence-electron chi connectivity index (χ3n) is 3.32. The van der Waals surface area contributed by atoms with Crippen molar-refractivity contribution in [2.75, 3.05) is 6.61 Å². The van der Waals surface area contributed by atoms with Crippen molar-refractivity contribution >= 4 is 17.2 Å². The van der Waals surface area contributed by atoms with E-state index in [1.165, 1.54) is 29.7 Å². The van der Waals surface area contributed by atoms with Crippen LogP contribution in [-0.2, 0) is 12.8 Å². The van der Waals surface area contributed by atoms with Crippen LogP contribution in [-0.4, -0.2) is 23.2 Å². The highest BCUT2D eigenvalue weighted by atomic mass is 32.1. The minimum atomic E-state index is -0.557. The van der Waals surface area contributed by atoms with Crippen molar-refractivity contribution < 1.29 is 9.90 Å². The van der Waals surface area contributed by atoms with Gasteiger partial charge in [0, 0.05) is 4.88 Å². The molecular weight excluding hydrogens is 246 g/mol. The highest BCUT2D eigenvalue weighted by Crippen LogP contribution is 2.29. The summed E-state index contributed by atoms with van der Waals surface area (Å²) in [5.41, 5.74) is 0.794. The average molecular weight is 267 g/mol. The highest BCUT2D eigenvalue weighted by molar-refractivity contribution is 7.14. The summed E-state index contributed by atoms with van der Waals surface area (Å²) in [5.74, 6) is -0.0628. The molecule has 0 aliphatic heterocycles. The molecule has 3 nitrogen and oxygen atoms in total. The smallest absolute Gasteiger partial charge is 0.261 e. The Hall–Kier alpha value is -0.870. The summed E-state index contributed by atoms with van der Waals surface area (Å²) >= 11 is 1.61. The van der Waals surface area contributed by atoms with Crippen molar-refractivity contribution in [2.45, 2.75) is 51.5 Å². The summed E-state index contributed by atoms with van der Waals surface area (Å²) in [5, 5.41) is 12.0. The van der Waals surface area contributed by atoms with E-state index in [0.717, 1.165) is 17.7 Å². The molecule has 2 N–H and O–H groups in total. The molecule has 0 spiro atoms. The van der Waals surface area contributed by atoms with Gasteiger partial charge in [0.1, 0.15) is 0 Å². The Labute approximate surface area is 112 Å². The predicted molar refractivity (Wildman–Crippen MR) is 74.2 cm³/mol. The van der Waals surface area contributed by atoms with E-state index >= 15 is 0 Å². The van der Waals surface area contributed by atoms with Crippen LogP contribution >= 0.6 is 11.3 Å². The van der Waals surface area contributed by atoms with Gasteiger partial charge in [-0.25, -0.2) is 0 Å². The van der Waals surface area contributed by atoms with E-state index in [1.807, 2.05) is 19.9 Å². The normalized spacial score (nSPS) is 15.9. The first-order chi connectivity index (χ1) is 8.52. The molecule has 1 aliphatic carbocycles. The Bertz CT molecular complexity index is 414. The van der Waals surface area contributed by atoms with Crippen LogP contribution in [0.3, 0.4) is 0 Å². The monoisotopic (exact) mass is 267 g/mol. The molecule has 1 heterocycles. The van der Waals surface area contributed by atoms with Gasteiger partial charge >= 0.3 is 0 Å². The van der Waals surface area contributed by atoms with Crippen molar-refractivity contribution in [3.63, 3.8) is 0 Å². The summed E-state index contributed by atoms with van der Waals surface area (Å²) < 4.78 is 0.